The lowest BCUT2D eigenvalue weighted by molar-refractivity contribution is 0.0709. The van der Waals surface area contributed by atoms with E-state index in [1.807, 2.05) is 42.2 Å². The smallest absolute Gasteiger partial charge is 0.265 e. The minimum Gasteiger partial charge on any atom is -0.366 e. The molecule has 1 fully saturated rings. The Hall–Kier alpha value is -3.06. The third-order valence-electron chi connectivity index (χ3n) is 5.28. The number of aryl methyl sites for hydroxylation is 1. The van der Waals surface area contributed by atoms with Crippen molar-refractivity contribution < 1.29 is 9.59 Å². The van der Waals surface area contributed by atoms with Crippen LogP contribution in [0, 0.1) is 6.92 Å². The van der Waals surface area contributed by atoms with Crippen LogP contribution in [0.5, 0.6) is 0 Å². The Kier molecular flexibility index (Phi) is 5.40. The van der Waals surface area contributed by atoms with E-state index in [1.165, 1.54) is 11.3 Å². The summed E-state index contributed by atoms with van der Waals surface area (Å²) in [5.41, 5.74) is 11.0. The molecule has 29 heavy (non-hydrogen) atoms. The van der Waals surface area contributed by atoms with Gasteiger partial charge in [-0.15, -0.1) is 11.3 Å². The number of carbonyl (C=O) groups is 2. The molecule has 0 aliphatic carbocycles. The summed E-state index contributed by atoms with van der Waals surface area (Å²) in [6, 6.07) is 13.1. The van der Waals surface area contributed by atoms with E-state index in [-0.39, 0.29) is 11.8 Å². The van der Waals surface area contributed by atoms with E-state index in [2.05, 4.69) is 4.98 Å². The van der Waals surface area contributed by atoms with Gasteiger partial charge in [-0.25, -0.2) is 4.98 Å². The first-order valence-corrected chi connectivity index (χ1v) is 10.5. The molecule has 1 saturated heterocycles. The number of nitrogens with zero attached hydrogens (tertiary/aromatic N) is 3. The first-order chi connectivity index (χ1) is 14.0. The molecule has 3 heterocycles. The van der Waals surface area contributed by atoms with Crippen LogP contribution in [-0.4, -0.2) is 39.8 Å². The summed E-state index contributed by atoms with van der Waals surface area (Å²) < 4.78 is 0. The molecule has 148 valence electrons. The number of amides is 2. The summed E-state index contributed by atoms with van der Waals surface area (Å²) in [5.74, 6) is -0.219. The number of primary amides is 1. The van der Waals surface area contributed by atoms with E-state index in [4.69, 9.17) is 10.7 Å². The van der Waals surface area contributed by atoms with E-state index in [0.717, 1.165) is 46.9 Å². The molecular formula is C22H22N4O2S. The van der Waals surface area contributed by atoms with Crippen LogP contribution in [0.25, 0.3) is 11.3 Å². The van der Waals surface area contributed by atoms with Crippen LogP contribution in [0.15, 0.2) is 48.0 Å². The van der Waals surface area contributed by atoms with Crippen LogP contribution in [0.2, 0.25) is 0 Å². The lowest BCUT2D eigenvalue weighted by Gasteiger charge is -2.32. The Bertz CT molecular complexity index is 1060. The maximum atomic E-state index is 12.9. The lowest BCUT2D eigenvalue weighted by atomic mass is 9.93. The molecule has 2 amide bonds. The second-order valence-corrected chi connectivity index (χ2v) is 8.10. The number of nitrogens with two attached hydrogens (primary N) is 1. The molecule has 3 aromatic rings. The van der Waals surface area contributed by atoms with Crippen LogP contribution in [0.4, 0.5) is 0 Å². The molecule has 6 nitrogen and oxygen atoms in total. The highest BCUT2D eigenvalue weighted by Crippen LogP contribution is 2.29. The molecule has 4 rings (SSSR count). The van der Waals surface area contributed by atoms with E-state index in [1.54, 1.807) is 17.6 Å². The summed E-state index contributed by atoms with van der Waals surface area (Å²) in [6.07, 6.45) is 1.93. The van der Waals surface area contributed by atoms with E-state index < -0.39 is 5.91 Å². The van der Waals surface area contributed by atoms with Crippen LogP contribution in [-0.2, 0) is 0 Å². The Morgan fingerprint density at radius 1 is 1.21 bits per heavy atom. The Morgan fingerprint density at radius 2 is 2.03 bits per heavy atom. The highest BCUT2D eigenvalue weighted by molar-refractivity contribution is 7.11. The van der Waals surface area contributed by atoms with Gasteiger partial charge >= 0.3 is 0 Å². The summed E-state index contributed by atoms with van der Waals surface area (Å²) in [7, 11) is 0. The van der Waals surface area contributed by atoms with Crippen molar-refractivity contribution in [3.8, 4) is 11.3 Å². The third kappa shape index (κ3) is 4.05. The molecule has 1 aliphatic rings. The molecule has 0 saturated carbocycles. The number of thiazole rings is 1. The molecule has 0 bridgehead atoms. The first-order valence-electron chi connectivity index (χ1n) is 9.59. The van der Waals surface area contributed by atoms with Gasteiger partial charge in [-0.1, -0.05) is 18.2 Å². The zero-order valence-electron chi connectivity index (χ0n) is 16.2. The number of piperidine rings is 1. The van der Waals surface area contributed by atoms with Crippen LogP contribution in [0.3, 0.4) is 0 Å². The first kappa shape index (κ1) is 19.3. The van der Waals surface area contributed by atoms with Gasteiger partial charge in [0.05, 0.1) is 16.9 Å². The minimum absolute atomic E-state index is 0.0556. The highest BCUT2D eigenvalue weighted by atomic mass is 32.1. The molecule has 2 aromatic heterocycles. The van der Waals surface area contributed by atoms with Crippen LogP contribution >= 0.6 is 11.3 Å². The van der Waals surface area contributed by atoms with Gasteiger partial charge < -0.3 is 10.6 Å². The maximum Gasteiger partial charge on any atom is 0.265 e. The van der Waals surface area contributed by atoms with Crippen molar-refractivity contribution in [2.75, 3.05) is 13.1 Å². The van der Waals surface area contributed by atoms with Gasteiger partial charge in [0.15, 0.2) is 0 Å². The van der Waals surface area contributed by atoms with Gasteiger partial charge in [-0.05, 0) is 44.0 Å². The fraction of sp³-hybridized carbons (Fsp3) is 0.273. The standard InChI is InChI=1S/C22H22N4O2S/c1-14-20(29-13-24-14)22(28)26-10-4-7-17(12-26)19-9-3-8-18(25-19)15-5-2-6-16(11-15)21(23)27/h2-3,5-6,8-9,11,13,17H,4,7,10,12H2,1H3,(H2,23,27)/t17-/m0/s1. The normalized spacial score (nSPS) is 16.6. The molecule has 7 heteroatoms. The van der Waals surface area contributed by atoms with Crippen molar-refractivity contribution >= 4 is 23.2 Å². The van der Waals surface area contributed by atoms with Gasteiger partial charge in [0, 0.05) is 35.8 Å². The number of carbonyl (C=O) groups excluding carboxylic acids is 2. The quantitative estimate of drug-likeness (QED) is 0.716. The van der Waals surface area contributed by atoms with Crippen molar-refractivity contribution in [3.05, 3.63) is 69.8 Å². The molecule has 0 spiro atoms. The molecule has 1 aliphatic heterocycles. The Morgan fingerprint density at radius 3 is 2.79 bits per heavy atom. The van der Waals surface area contributed by atoms with Crippen LogP contribution < -0.4 is 5.73 Å². The number of aromatic nitrogens is 2. The average Bonchev–Trinajstić information content (AvgIpc) is 3.19. The van der Waals surface area contributed by atoms with Gasteiger partial charge in [-0.2, -0.15) is 0 Å². The summed E-state index contributed by atoms with van der Waals surface area (Å²) in [6.45, 7) is 3.28. The fourth-order valence-electron chi connectivity index (χ4n) is 3.73. The van der Waals surface area contributed by atoms with Gasteiger partial charge in [0.1, 0.15) is 4.88 Å². The molecule has 1 atom stereocenters. The predicted octanol–water partition coefficient (Wildman–Crippen LogP) is 3.63. The minimum atomic E-state index is -0.456. The largest absolute Gasteiger partial charge is 0.366 e. The molecule has 0 radical (unpaired) electrons. The maximum absolute atomic E-state index is 12.9. The number of pyridine rings is 1. The zero-order chi connectivity index (χ0) is 20.4. The monoisotopic (exact) mass is 406 g/mol. The SMILES string of the molecule is Cc1ncsc1C(=O)N1CCC[C@H](c2cccc(-c3cccc(C(N)=O)c3)n2)C1. The number of hydrogen-bond acceptors (Lipinski definition) is 5. The highest BCUT2D eigenvalue weighted by Gasteiger charge is 2.28. The van der Waals surface area contributed by atoms with Gasteiger partial charge in [0.2, 0.25) is 5.91 Å². The molecular weight excluding hydrogens is 384 g/mol. The Balaban J connectivity index is 1.56. The van der Waals surface area contributed by atoms with Crippen molar-refractivity contribution in [3.63, 3.8) is 0 Å². The van der Waals surface area contributed by atoms with Crippen molar-refractivity contribution in [2.24, 2.45) is 5.73 Å². The number of likely N-dealkylation sites (tertiary alicyclic amines) is 1. The second kappa shape index (κ2) is 8.13. The van der Waals surface area contributed by atoms with Crippen LogP contribution in [0.1, 0.15) is 50.2 Å². The molecule has 2 N–H and O–H groups in total. The van der Waals surface area contributed by atoms with Crippen molar-refractivity contribution in [1.29, 1.82) is 0 Å². The van der Waals surface area contributed by atoms with Crippen molar-refractivity contribution in [1.82, 2.24) is 14.9 Å². The zero-order valence-corrected chi connectivity index (χ0v) is 17.0. The summed E-state index contributed by atoms with van der Waals surface area (Å²) in [4.78, 5) is 36.0. The topological polar surface area (TPSA) is 89.2 Å². The second-order valence-electron chi connectivity index (χ2n) is 7.25. The molecule has 0 unspecified atom stereocenters. The number of rotatable bonds is 4. The number of benzene rings is 1. The van der Waals surface area contributed by atoms with E-state index in [9.17, 15) is 9.59 Å². The van der Waals surface area contributed by atoms with Crippen molar-refractivity contribution in [2.45, 2.75) is 25.7 Å². The number of hydrogen-bond donors (Lipinski definition) is 1. The Labute approximate surface area is 173 Å². The average molecular weight is 407 g/mol. The molecule has 1 aromatic carbocycles. The summed E-state index contributed by atoms with van der Waals surface area (Å²) in [5, 5.41) is 0. The van der Waals surface area contributed by atoms with E-state index >= 15 is 0 Å². The summed E-state index contributed by atoms with van der Waals surface area (Å²) >= 11 is 1.40. The van der Waals surface area contributed by atoms with Gasteiger partial charge in [0.25, 0.3) is 5.91 Å². The lowest BCUT2D eigenvalue weighted by Crippen LogP contribution is -2.39. The third-order valence-corrected chi connectivity index (χ3v) is 6.20. The fourth-order valence-corrected chi connectivity index (χ4v) is 4.49. The predicted molar refractivity (Wildman–Crippen MR) is 113 cm³/mol. The van der Waals surface area contributed by atoms with Gasteiger partial charge in [-0.3, -0.25) is 14.6 Å². The van der Waals surface area contributed by atoms with E-state index in [0.29, 0.717) is 12.1 Å².